The van der Waals surface area contributed by atoms with E-state index in [4.69, 9.17) is 9.47 Å². The Morgan fingerprint density at radius 1 is 1.06 bits per heavy atom. The number of amides is 2. The number of rotatable bonds is 9. The molecule has 0 unspecified atom stereocenters. The number of hydrogen-bond donors (Lipinski definition) is 2. The zero-order valence-corrected chi connectivity index (χ0v) is 29.4. The van der Waals surface area contributed by atoms with Gasteiger partial charge in [-0.2, -0.15) is 4.31 Å². The van der Waals surface area contributed by atoms with Crippen LogP contribution in [0.1, 0.15) is 61.5 Å². The predicted octanol–water partition coefficient (Wildman–Crippen LogP) is 5.29. The van der Waals surface area contributed by atoms with E-state index >= 15 is 0 Å². The molecular formula is C37H49N3O7S. The Hall–Kier alpha value is -3.77. The summed E-state index contributed by atoms with van der Waals surface area (Å²) in [6, 6.07) is 20.6. The summed E-state index contributed by atoms with van der Waals surface area (Å²) < 4.78 is 40.9. The van der Waals surface area contributed by atoms with Crippen molar-refractivity contribution >= 4 is 27.5 Å². The number of fused-ring (bicyclic) bond motifs is 1. The van der Waals surface area contributed by atoms with Crippen LogP contribution in [0.3, 0.4) is 0 Å². The molecule has 260 valence electrons. The molecule has 0 saturated heterocycles. The highest BCUT2D eigenvalue weighted by Crippen LogP contribution is 2.29. The third-order valence-corrected chi connectivity index (χ3v) is 10.5. The predicted molar refractivity (Wildman–Crippen MR) is 187 cm³/mol. The molecule has 0 spiro atoms. The Balaban J connectivity index is 1.62. The number of nitrogens with one attached hydrogen (secondary N) is 1. The molecule has 0 radical (unpaired) electrons. The minimum absolute atomic E-state index is 0.0839. The maximum Gasteiger partial charge on any atom is 0.258 e. The first-order chi connectivity index (χ1) is 22.9. The highest BCUT2D eigenvalue weighted by molar-refractivity contribution is 7.89. The minimum Gasteiger partial charge on any atom is -0.490 e. The molecule has 11 heteroatoms. The zero-order chi connectivity index (χ0) is 34.8. The molecule has 3 aromatic carbocycles. The maximum atomic E-state index is 14.4. The average molecular weight is 680 g/mol. The fourth-order valence-electron chi connectivity index (χ4n) is 5.69. The third kappa shape index (κ3) is 9.88. The van der Waals surface area contributed by atoms with Crippen LogP contribution in [0.4, 0.5) is 5.69 Å². The van der Waals surface area contributed by atoms with Crippen molar-refractivity contribution in [1.29, 1.82) is 0 Å². The van der Waals surface area contributed by atoms with Crippen LogP contribution in [0, 0.1) is 12.8 Å². The summed E-state index contributed by atoms with van der Waals surface area (Å²) in [6.07, 6.45) is 1.72. The molecule has 0 bridgehead atoms. The number of aryl methyl sites for hydroxylation is 1. The highest BCUT2D eigenvalue weighted by atomic mass is 32.2. The molecule has 1 heterocycles. The summed E-state index contributed by atoms with van der Waals surface area (Å²) in [5, 5.41) is 13.1. The van der Waals surface area contributed by atoms with Crippen molar-refractivity contribution in [2.24, 2.45) is 5.92 Å². The van der Waals surface area contributed by atoms with Crippen molar-refractivity contribution in [2.75, 3.05) is 38.7 Å². The molecule has 1 aliphatic rings. The van der Waals surface area contributed by atoms with Gasteiger partial charge in [0.15, 0.2) is 0 Å². The van der Waals surface area contributed by atoms with Crippen LogP contribution >= 0.6 is 0 Å². The van der Waals surface area contributed by atoms with Gasteiger partial charge in [-0.05, 0) is 75.9 Å². The van der Waals surface area contributed by atoms with E-state index in [2.05, 4.69) is 5.32 Å². The molecule has 0 aliphatic carbocycles. The number of carbonyl (C=O) groups excluding carboxylic acids is 2. The smallest absolute Gasteiger partial charge is 0.258 e. The summed E-state index contributed by atoms with van der Waals surface area (Å²) in [5.41, 5.74) is 2.55. The van der Waals surface area contributed by atoms with Crippen LogP contribution in [0.15, 0.2) is 77.7 Å². The molecule has 4 atom stereocenters. The van der Waals surface area contributed by atoms with E-state index in [-0.39, 0.29) is 60.4 Å². The summed E-state index contributed by atoms with van der Waals surface area (Å²) in [4.78, 5) is 29.0. The molecule has 0 fully saturated rings. The van der Waals surface area contributed by atoms with Gasteiger partial charge in [-0.15, -0.1) is 0 Å². The molecule has 2 N–H and O–H groups in total. The standard InChI is InChI=1S/C37H49N3O7S/c1-26-14-17-32(18-15-26)48(44,45)39(5)24-35-27(2)23-40(28(3)25-41)37(43)33-22-31(38-36(42)21-30-12-7-6-8-13-30)16-19-34(33)47-29(4)11-9-10-20-46-35/h6-8,12-19,22,27-29,35,41H,9-11,20-21,23-25H2,1-5H3,(H,38,42)/t27-,28+,29-,35-/m1/s1. The Labute approximate surface area is 285 Å². The summed E-state index contributed by atoms with van der Waals surface area (Å²) in [5.74, 6) is -0.507. The lowest BCUT2D eigenvalue weighted by molar-refractivity contribution is -0.115. The number of sulfonamides is 1. The molecule has 0 saturated carbocycles. The van der Waals surface area contributed by atoms with Gasteiger partial charge < -0.3 is 24.8 Å². The van der Waals surface area contributed by atoms with Crippen LogP contribution in [0.5, 0.6) is 5.75 Å². The van der Waals surface area contributed by atoms with Gasteiger partial charge in [0.25, 0.3) is 5.91 Å². The van der Waals surface area contributed by atoms with Crippen molar-refractivity contribution in [3.05, 3.63) is 89.5 Å². The van der Waals surface area contributed by atoms with E-state index < -0.39 is 22.2 Å². The Morgan fingerprint density at radius 3 is 2.46 bits per heavy atom. The number of aliphatic hydroxyl groups excluding tert-OH is 1. The summed E-state index contributed by atoms with van der Waals surface area (Å²) in [6.45, 7) is 7.93. The number of likely N-dealkylation sites (N-methyl/N-ethyl adjacent to an activating group) is 1. The van der Waals surface area contributed by atoms with E-state index in [1.54, 1.807) is 61.3 Å². The largest absolute Gasteiger partial charge is 0.490 e. The quantitative estimate of drug-likeness (QED) is 0.315. The lowest BCUT2D eigenvalue weighted by Crippen LogP contribution is -2.48. The van der Waals surface area contributed by atoms with E-state index in [0.717, 1.165) is 24.0 Å². The number of anilines is 1. The first-order valence-corrected chi connectivity index (χ1v) is 18.0. The van der Waals surface area contributed by atoms with Gasteiger partial charge in [0.1, 0.15) is 5.75 Å². The van der Waals surface area contributed by atoms with E-state index in [0.29, 0.717) is 24.5 Å². The SMILES string of the molecule is Cc1ccc(S(=O)(=O)N(C)C[C@H]2OCCCC[C@@H](C)Oc3ccc(NC(=O)Cc4ccccc4)cc3C(=O)N([C@@H](C)CO)C[C@H]2C)cc1. The monoisotopic (exact) mass is 679 g/mol. The zero-order valence-electron chi connectivity index (χ0n) is 28.6. The maximum absolute atomic E-state index is 14.4. The third-order valence-electron chi connectivity index (χ3n) is 8.71. The lowest BCUT2D eigenvalue weighted by atomic mass is 10.0. The van der Waals surface area contributed by atoms with E-state index in [1.807, 2.05) is 51.1 Å². The fourth-order valence-corrected chi connectivity index (χ4v) is 6.87. The molecule has 48 heavy (non-hydrogen) atoms. The fraction of sp³-hybridized carbons (Fsp3) is 0.459. The Kier molecular flexibility index (Phi) is 13.2. The summed E-state index contributed by atoms with van der Waals surface area (Å²) in [7, 11) is -2.24. The summed E-state index contributed by atoms with van der Waals surface area (Å²) >= 11 is 0. The second-order valence-corrected chi connectivity index (χ2v) is 14.9. The number of ether oxygens (including phenoxy) is 2. The minimum atomic E-state index is -3.79. The van der Waals surface area contributed by atoms with Gasteiger partial charge in [0.2, 0.25) is 15.9 Å². The van der Waals surface area contributed by atoms with Crippen LogP contribution in [-0.2, 0) is 26.0 Å². The molecule has 1 aliphatic heterocycles. The van der Waals surface area contributed by atoms with Crippen molar-refractivity contribution in [2.45, 2.75) is 76.5 Å². The lowest BCUT2D eigenvalue weighted by Gasteiger charge is -2.35. The van der Waals surface area contributed by atoms with Gasteiger partial charge >= 0.3 is 0 Å². The van der Waals surface area contributed by atoms with E-state index in [1.165, 1.54) is 4.31 Å². The van der Waals surface area contributed by atoms with Crippen LogP contribution in [0.25, 0.3) is 0 Å². The van der Waals surface area contributed by atoms with Gasteiger partial charge in [-0.1, -0.05) is 55.0 Å². The Morgan fingerprint density at radius 2 is 1.77 bits per heavy atom. The van der Waals surface area contributed by atoms with Crippen LogP contribution in [-0.4, -0.2) is 86.1 Å². The average Bonchev–Trinajstić information content (AvgIpc) is 3.06. The molecule has 2 amide bonds. The number of benzene rings is 3. The topological polar surface area (TPSA) is 125 Å². The van der Waals surface area contributed by atoms with Crippen molar-refractivity contribution in [1.82, 2.24) is 9.21 Å². The molecule has 3 aromatic rings. The number of nitrogens with zero attached hydrogens (tertiary/aromatic N) is 2. The molecule has 0 aromatic heterocycles. The van der Waals surface area contributed by atoms with Gasteiger partial charge in [-0.3, -0.25) is 9.59 Å². The van der Waals surface area contributed by atoms with Crippen molar-refractivity contribution in [3.8, 4) is 5.75 Å². The highest BCUT2D eigenvalue weighted by Gasteiger charge is 2.32. The van der Waals surface area contributed by atoms with Crippen molar-refractivity contribution < 1.29 is 32.6 Å². The number of aliphatic hydroxyl groups is 1. The first kappa shape index (κ1) is 37.1. The van der Waals surface area contributed by atoms with Crippen molar-refractivity contribution in [3.63, 3.8) is 0 Å². The van der Waals surface area contributed by atoms with Gasteiger partial charge in [-0.25, -0.2) is 8.42 Å². The normalized spacial score (nSPS) is 20.4. The van der Waals surface area contributed by atoms with Gasteiger partial charge in [0, 0.05) is 38.3 Å². The second kappa shape index (κ2) is 17.1. The van der Waals surface area contributed by atoms with Crippen LogP contribution < -0.4 is 10.1 Å². The van der Waals surface area contributed by atoms with E-state index in [9.17, 15) is 23.1 Å². The first-order valence-electron chi connectivity index (χ1n) is 16.6. The van der Waals surface area contributed by atoms with Gasteiger partial charge in [0.05, 0.1) is 41.7 Å². The molecular weight excluding hydrogens is 630 g/mol. The molecule has 10 nitrogen and oxygen atoms in total. The second-order valence-electron chi connectivity index (χ2n) is 12.8. The number of carbonyl (C=O) groups is 2. The Bertz CT molecular complexity index is 1620. The molecule has 4 rings (SSSR count). The van der Waals surface area contributed by atoms with Crippen LogP contribution in [0.2, 0.25) is 0 Å². The number of hydrogen-bond acceptors (Lipinski definition) is 7.